The van der Waals surface area contributed by atoms with E-state index < -0.39 is 5.82 Å². The lowest BCUT2D eigenvalue weighted by Gasteiger charge is -2.08. The zero-order valence-corrected chi connectivity index (χ0v) is 13.3. The minimum atomic E-state index is -0.399. The van der Waals surface area contributed by atoms with Crippen LogP contribution in [0.15, 0.2) is 42.5 Å². The van der Waals surface area contributed by atoms with E-state index in [2.05, 4.69) is 10.6 Å². The number of amides is 2. The number of halogens is 2. The predicted octanol–water partition coefficient (Wildman–Crippen LogP) is 3.08. The second-order valence-electron chi connectivity index (χ2n) is 5.10. The third-order valence-corrected chi connectivity index (χ3v) is 3.56. The first kappa shape index (κ1) is 17.0. The molecule has 0 aliphatic heterocycles. The van der Waals surface area contributed by atoms with Crippen LogP contribution in [0.1, 0.15) is 11.1 Å². The van der Waals surface area contributed by atoms with E-state index in [0.717, 1.165) is 5.56 Å². The molecule has 2 aromatic rings. The maximum Gasteiger partial charge on any atom is 0.243 e. The van der Waals surface area contributed by atoms with Gasteiger partial charge in [-0.1, -0.05) is 29.8 Å². The Morgan fingerprint density at radius 2 is 1.91 bits per heavy atom. The van der Waals surface area contributed by atoms with E-state index >= 15 is 0 Å². The normalized spacial score (nSPS) is 10.2. The molecule has 6 heteroatoms. The highest BCUT2D eigenvalue weighted by molar-refractivity contribution is 6.31. The van der Waals surface area contributed by atoms with Gasteiger partial charge in [-0.3, -0.25) is 9.59 Å². The SMILES string of the molecule is Cc1ccc(NC(=O)CNC(=O)Cc2cccc(F)c2)cc1Cl. The van der Waals surface area contributed by atoms with Crippen molar-refractivity contribution in [2.24, 2.45) is 0 Å². The Morgan fingerprint density at radius 3 is 2.61 bits per heavy atom. The van der Waals surface area contributed by atoms with Gasteiger partial charge < -0.3 is 10.6 Å². The first-order valence-electron chi connectivity index (χ1n) is 7.01. The maximum absolute atomic E-state index is 13.0. The van der Waals surface area contributed by atoms with Gasteiger partial charge in [0.15, 0.2) is 0 Å². The second kappa shape index (κ2) is 7.74. The predicted molar refractivity (Wildman–Crippen MR) is 87.9 cm³/mol. The minimum Gasteiger partial charge on any atom is -0.347 e. The zero-order valence-electron chi connectivity index (χ0n) is 12.5. The van der Waals surface area contributed by atoms with Crippen LogP contribution in [0.5, 0.6) is 0 Å². The summed E-state index contributed by atoms with van der Waals surface area (Å²) in [6.45, 7) is 1.69. The number of nitrogens with one attached hydrogen (secondary N) is 2. The number of hydrogen-bond acceptors (Lipinski definition) is 2. The van der Waals surface area contributed by atoms with E-state index in [0.29, 0.717) is 16.3 Å². The summed E-state index contributed by atoms with van der Waals surface area (Å²) >= 11 is 5.98. The van der Waals surface area contributed by atoms with Crippen LogP contribution in [-0.2, 0) is 16.0 Å². The molecule has 0 spiro atoms. The maximum atomic E-state index is 13.0. The Labute approximate surface area is 138 Å². The molecular weight excluding hydrogens is 319 g/mol. The molecule has 0 aliphatic rings. The summed E-state index contributed by atoms with van der Waals surface area (Å²) < 4.78 is 13.0. The van der Waals surface area contributed by atoms with Crippen molar-refractivity contribution in [1.82, 2.24) is 5.32 Å². The first-order valence-corrected chi connectivity index (χ1v) is 7.39. The zero-order chi connectivity index (χ0) is 16.8. The molecule has 4 nitrogen and oxygen atoms in total. The van der Waals surface area contributed by atoms with Gasteiger partial charge in [-0.2, -0.15) is 0 Å². The lowest BCUT2D eigenvalue weighted by atomic mass is 10.1. The van der Waals surface area contributed by atoms with Gasteiger partial charge >= 0.3 is 0 Å². The lowest BCUT2D eigenvalue weighted by molar-refractivity contribution is -0.123. The highest BCUT2D eigenvalue weighted by Gasteiger charge is 2.08. The molecule has 0 heterocycles. The molecule has 0 atom stereocenters. The van der Waals surface area contributed by atoms with Crippen LogP contribution in [0.2, 0.25) is 5.02 Å². The number of carbonyl (C=O) groups excluding carboxylic acids is 2. The average Bonchev–Trinajstić information content (AvgIpc) is 2.49. The van der Waals surface area contributed by atoms with E-state index in [4.69, 9.17) is 11.6 Å². The summed E-state index contributed by atoms with van der Waals surface area (Å²) in [4.78, 5) is 23.5. The molecule has 0 saturated heterocycles. The molecule has 0 fully saturated rings. The van der Waals surface area contributed by atoms with Crippen LogP contribution in [0.3, 0.4) is 0 Å². The van der Waals surface area contributed by atoms with E-state index in [-0.39, 0.29) is 24.8 Å². The lowest BCUT2D eigenvalue weighted by Crippen LogP contribution is -2.33. The van der Waals surface area contributed by atoms with Gasteiger partial charge in [0.2, 0.25) is 11.8 Å². The van der Waals surface area contributed by atoms with E-state index in [1.807, 2.05) is 6.92 Å². The molecule has 0 radical (unpaired) electrons. The fraction of sp³-hybridized carbons (Fsp3) is 0.176. The average molecular weight is 335 g/mol. The molecular formula is C17H16ClFN2O2. The molecule has 2 rings (SSSR count). The Balaban J connectivity index is 1.81. The molecule has 23 heavy (non-hydrogen) atoms. The number of benzene rings is 2. The van der Waals surface area contributed by atoms with Crippen LogP contribution >= 0.6 is 11.6 Å². The van der Waals surface area contributed by atoms with Gasteiger partial charge in [0.1, 0.15) is 5.82 Å². The van der Waals surface area contributed by atoms with Crippen molar-refractivity contribution >= 4 is 29.1 Å². The van der Waals surface area contributed by atoms with Crippen LogP contribution in [0.25, 0.3) is 0 Å². The Bertz CT molecular complexity index is 734. The van der Waals surface area contributed by atoms with Gasteiger partial charge in [0, 0.05) is 10.7 Å². The molecule has 0 bridgehead atoms. The van der Waals surface area contributed by atoms with Crippen molar-refractivity contribution in [2.75, 3.05) is 11.9 Å². The van der Waals surface area contributed by atoms with Crippen molar-refractivity contribution in [1.29, 1.82) is 0 Å². The standard InChI is InChI=1S/C17H16ClFN2O2/c1-11-5-6-14(9-15(11)18)21-17(23)10-20-16(22)8-12-3-2-4-13(19)7-12/h2-7,9H,8,10H2,1H3,(H,20,22)(H,21,23). The molecule has 2 N–H and O–H groups in total. The summed E-state index contributed by atoms with van der Waals surface area (Å²) in [5, 5.41) is 5.68. The van der Waals surface area contributed by atoms with E-state index in [1.54, 1.807) is 24.3 Å². The van der Waals surface area contributed by atoms with Crippen molar-refractivity contribution < 1.29 is 14.0 Å². The monoisotopic (exact) mass is 334 g/mol. The van der Waals surface area contributed by atoms with Crippen LogP contribution in [0, 0.1) is 12.7 Å². The van der Waals surface area contributed by atoms with Crippen molar-refractivity contribution in [3.63, 3.8) is 0 Å². The summed E-state index contributed by atoms with van der Waals surface area (Å²) in [7, 11) is 0. The van der Waals surface area contributed by atoms with Crippen molar-refractivity contribution in [2.45, 2.75) is 13.3 Å². The minimum absolute atomic E-state index is 0.0153. The fourth-order valence-electron chi connectivity index (χ4n) is 1.95. The van der Waals surface area contributed by atoms with Gasteiger partial charge in [-0.05, 0) is 42.3 Å². The van der Waals surface area contributed by atoms with Gasteiger partial charge in [0.25, 0.3) is 0 Å². The fourth-order valence-corrected chi connectivity index (χ4v) is 2.13. The largest absolute Gasteiger partial charge is 0.347 e. The summed E-state index contributed by atoms with van der Waals surface area (Å²) in [5.74, 6) is -1.12. The van der Waals surface area contributed by atoms with Crippen molar-refractivity contribution in [3.05, 3.63) is 64.4 Å². The molecule has 120 valence electrons. The molecule has 0 unspecified atom stereocenters. The summed E-state index contributed by atoms with van der Waals surface area (Å²) in [6.07, 6.45) is 0.0153. The third-order valence-electron chi connectivity index (χ3n) is 3.16. The summed E-state index contributed by atoms with van der Waals surface area (Å²) in [6, 6.07) is 10.9. The highest BCUT2D eigenvalue weighted by atomic mass is 35.5. The van der Waals surface area contributed by atoms with Gasteiger partial charge in [-0.25, -0.2) is 4.39 Å². The van der Waals surface area contributed by atoms with E-state index in [1.165, 1.54) is 18.2 Å². The number of aryl methyl sites for hydroxylation is 1. The number of anilines is 1. The quantitative estimate of drug-likeness (QED) is 0.882. The molecule has 2 amide bonds. The third kappa shape index (κ3) is 5.38. The number of carbonyl (C=O) groups is 2. The van der Waals surface area contributed by atoms with Crippen LogP contribution in [0.4, 0.5) is 10.1 Å². The molecule has 0 aromatic heterocycles. The van der Waals surface area contributed by atoms with Gasteiger partial charge in [0.05, 0.1) is 13.0 Å². The Hall–Kier alpha value is -2.40. The number of rotatable bonds is 5. The van der Waals surface area contributed by atoms with Gasteiger partial charge in [-0.15, -0.1) is 0 Å². The molecule has 0 saturated carbocycles. The highest BCUT2D eigenvalue weighted by Crippen LogP contribution is 2.19. The van der Waals surface area contributed by atoms with Crippen LogP contribution in [-0.4, -0.2) is 18.4 Å². The van der Waals surface area contributed by atoms with Crippen LogP contribution < -0.4 is 10.6 Å². The Kier molecular flexibility index (Phi) is 5.71. The second-order valence-corrected chi connectivity index (χ2v) is 5.50. The number of hydrogen-bond donors (Lipinski definition) is 2. The van der Waals surface area contributed by atoms with E-state index in [9.17, 15) is 14.0 Å². The summed E-state index contributed by atoms with van der Waals surface area (Å²) in [5.41, 5.74) is 2.02. The smallest absolute Gasteiger partial charge is 0.243 e. The van der Waals surface area contributed by atoms with Crippen molar-refractivity contribution in [3.8, 4) is 0 Å². The topological polar surface area (TPSA) is 58.2 Å². The Morgan fingerprint density at radius 1 is 1.13 bits per heavy atom. The first-order chi connectivity index (χ1) is 10.9. The molecule has 2 aromatic carbocycles. The molecule has 0 aliphatic carbocycles.